The fourth-order valence-corrected chi connectivity index (χ4v) is 9.12. The minimum atomic E-state index is -0.0548. The zero-order valence-corrected chi connectivity index (χ0v) is 29.1. The quantitative estimate of drug-likeness (QED) is 0.171. The molecule has 5 aromatic carbocycles. The molecule has 0 radical (unpaired) electrons. The summed E-state index contributed by atoms with van der Waals surface area (Å²) in [5, 5.41) is 0. The van der Waals surface area contributed by atoms with E-state index in [2.05, 4.69) is 145 Å². The lowest BCUT2D eigenvalue weighted by Crippen LogP contribution is -2.59. The highest BCUT2D eigenvalue weighted by atomic mass is 16.5. The number of ether oxygens (including phenoxy) is 1. The molecular formula is C44H44BNO. The zero-order valence-electron chi connectivity index (χ0n) is 29.1. The number of rotatable bonds is 1. The lowest BCUT2D eigenvalue weighted by Gasteiger charge is -2.41. The molecule has 2 heterocycles. The van der Waals surface area contributed by atoms with E-state index < -0.39 is 0 Å². The van der Waals surface area contributed by atoms with Gasteiger partial charge in [0.1, 0.15) is 11.5 Å². The second-order valence-electron chi connectivity index (χ2n) is 16.9. The molecule has 234 valence electrons. The Labute approximate surface area is 280 Å². The van der Waals surface area contributed by atoms with Crippen molar-refractivity contribution in [1.29, 1.82) is 0 Å². The van der Waals surface area contributed by atoms with Crippen molar-refractivity contribution in [3.63, 3.8) is 0 Å². The van der Waals surface area contributed by atoms with Crippen LogP contribution >= 0.6 is 0 Å². The van der Waals surface area contributed by atoms with E-state index in [9.17, 15) is 0 Å². The Morgan fingerprint density at radius 3 is 2.21 bits per heavy atom. The number of benzene rings is 5. The second kappa shape index (κ2) is 9.44. The first-order valence-corrected chi connectivity index (χ1v) is 17.5. The number of anilines is 3. The zero-order chi connectivity index (χ0) is 32.6. The van der Waals surface area contributed by atoms with Gasteiger partial charge in [0, 0.05) is 28.0 Å². The largest absolute Gasteiger partial charge is 0.458 e. The third-order valence-corrected chi connectivity index (χ3v) is 11.6. The third-order valence-electron chi connectivity index (χ3n) is 11.6. The summed E-state index contributed by atoms with van der Waals surface area (Å²) in [6.45, 7) is 18.7. The molecule has 0 saturated carbocycles. The van der Waals surface area contributed by atoms with E-state index in [1.807, 2.05) is 0 Å². The van der Waals surface area contributed by atoms with Crippen molar-refractivity contribution in [3.8, 4) is 22.6 Å². The van der Waals surface area contributed by atoms with Crippen molar-refractivity contribution >= 4 is 40.2 Å². The maximum Gasteiger partial charge on any atom is 0.256 e. The van der Waals surface area contributed by atoms with E-state index in [4.69, 9.17) is 4.74 Å². The standard InChI is InChI=1S/C44H44BNO/c1-42(2,3)27-16-19-29(20-17-27)46-35-24-18-28(43(4,5)6)25-34(35)45-33-23-22-32-38(41(33)47-37-14-10-13-36(46)40(37)45)31-21-15-26-11-9-12-30(26)39(31)44(32,7)8/h10,13-25H,9,11-12H2,1-8H3. The summed E-state index contributed by atoms with van der Waals surface area (Å²) in [7, 11) is 0. The molecule has 4 aliphatic rings. The number of nitrogens with zero attached hydrogens (tertiary/aromatic N) is 1. The van der Waals surface area contributed by atoms with Crippen LogP contribution in [-0.2, 0) is 29.1 Å². The molecule has 2 nitrogen and oxygen atoms in total. The van der Waals surface area contributed by atoms with Crippen molar-refractivity contribution in [2.45, 2.75) is 90.9 Å². The van der Waals surface area contributed by atoms with Gasteiger partial charge in [-0.1, -0.05) is 110 Å². The fourth-order valence-electron chi connectivity index (χ4n) is 9.12. The molecule has 2 aliphatic carbocycles. The molecule has 0 N–H and O–H groups in total. The lowest BCUT2D eigenvalue weighted by atomic mass is 9.34. The highest BCUT2D eigenvalue weighted by molar-refractivity contribution is 6.99. The van der Waals surface area contributed by atoms with Crippen molar-refractivity contribution in [2.75, 3.05) is 4.90 Å². The molecular weight excluding hydrogens is 569 g/mol. The molecule has 9 rings (SSSR count). The highest BCUT2D eigenvalue weighted by Gasteiger charge is 2.47. The summed E-state index contributed by atoms with van der Waals surface area (Å²) in [4.78, 5) is 2.47. The third kappa shape index (κ3) is 3.98. The molecule has 0 aromatic heterocycles. The Kier molecular flexibility index (Phi) is 5.81. The van der Waals surface area contributed by atoms with Gasteiger partial charge >= 0.3 is 0 Å². The molecule has 47 heavy (non-hydrogen) atoms. The maximum atomic E-state index is 7.17. The molecule has 0 fully saturated rings. The topological polar surface area (TPSA) is 12.5 Å². The molecule has 0 saturated heterocycles. The number of hydrogen-bond donors (Lipinski definition) is 0. The Hall–Kier alpha value is -4.24. The number of fused-ring (bicyclic) bond motifs is 10. The van der Waals surface area contributed by atoms with Crippen LogP contribution in [0.1, 0.15) is 95.2 Å². The van der Waals surface area contributed by atoms with E-state index in [1.165, 1.54) is 86.1 Å². The minimum Gasteiger partial charge on any atom is -0.458 e. The Morgan fingerprint density at radius 2 is 1.47 bits per heavy atom. The van der Waals surface area contributed by atoms with Crippen LogP contribution < -0.4 is 26.0 Å². The summed E-state index contributed by atoms with van der Waals surface area (Å²) in [6.07, 6.45) is 3.64. The molecule has 0 spiro atoms. The van der Waals surface area contributed by atoms with Crippen LogP contribution in [0.25, 0.3) is 11.1 Å². The average molecular weight is 614 g/mol. The summed E-state index contributed by atoms with van der Waals surface area (Å²) < 4.78 is 7.17. The van der Waals surface area contributed by atoms with Crippen molar-refractivity contribution < 1.29 is 4.74 Å². The van der Waals surface area contributed by atoms with E-state index in [-0.39, 0.29) is 23.0 Å². The van der Waals surface area contributed by atoms with E-state index in [0.717, 1.165) is 11.5 Å². The second-order valence-corrected chi connectivity index (χ2v) is 16.9. The first kappa shape index (κ1) is 28.9. The molecule has 5 aromatic rings. The van der Waals surface area contributed by atoms with Gasteiger partial charge in [-0.2, -0.15) is 0 Å². The summed E-state index contributed by atoms with van der Waals surface area (Å²) in [5.74, 6) is 2.03. The summed E-state index contributed by atoms with van der Waals surface area (Å²) >= 11 is 0. The van der Waals surface area contributed by atoms with Gasteiger partial charge in [-0.15, -0.1) is 0 Å². The molecule has 0 atom stereocenters. The van der Waals surface area contributed by atoms with Crippen LogP contribution in [0.4, 0.5) is 17.1 Å². The molecule has 2 aliphatic heterocycles. The molecule has 0 bridgehead atoms. The van der Waals surface area contributed by atoms with Crippen LogP contribution in [0, 0.1) is 0 Å². The monoisotopic (exact) mass is 613 g/mol. The van der Waals surface area contributed by atoms with Gasteiger partial charge in [0.2, 0.25) is 0 Å². The smallest absolute Gasteiger partial charge is 0.256 e. The minimum absolute atomic E-state index is 0.0310. The van der Waals surface area contributed by atoms with E-state index in [1.54, 1.807) is 11.1 Å². The van der Waals surface area contributed by atoms with E-state index in [0.29, 0.717) is 0 Å². The fraction of sp³-hybridized carbons (Fsp3) is 0.318. The van der Waals surface area contributed by atoms with Gasteiger partial charge in [0.05, 0.1) is 0 Å². The van der Waals surface area contributed by atoms with Crippen molar-refractivity contribution in [1.82, 2.24) is 0 Å². The Balaban J connectivity index is 1.30. The van der Waals surface area contributed by atoms with Crippen LogP contribution in [0.3, 0.4) is 0 Å². The van der Waals surface area contributed by atoms with Crippen molar-refractivity contribution in [2.24, 2.45) is 0 Å². The average Bonchev–Trinajstić information content (AvgIpc) is 3.60. The molecule has 0 unspecified atom stereocenters. The van der Waals surface area contributed by atoms with Crippen LogP contribution in [0.2, 0.25) is 0 Å². The number of hydrogen-bond acceptors (Lipinski definition) is 2. The summed E-state index contributed by atoms with van der Waals surface area (Å²) in [6, 6.07) is 32.7. The van der Waals surface area contributed by atoms with Gasteiger partial charge < -0.3 is 9.64 Å². The summed E-state index contributed by atoms with van der Waals surface area (Å²) in [5.41, 5.74) is 19.1. The number of aryl methyl sites for hydroxylation is 1. The lowest BCUT2D eigenvalue weighted by molar-refractivity contribution is 0.488. The van der Waals surface area contributed by atoms with Gasteiger partial charge in [-0.25, -0.2) is 0 Å². The Morgan fingerprint density at radius 1 is 0.723 bits per heavy atom. The van der Waals surface area contributed by atoms with Crippen LogP contribution in [0.15, 0.2) is 84.9 Å². The first-order chi connectivity index (χ1) is 22.3. The van der Waals surface area contributed by atoms with E-state index >= 15 is 0 Å². The SMILES string of the molecule is CC(C)(C)c1ccc(N2c3ccc(C(C)(C)C)cc3B3c4ccc5c(c4Oc4cccc2c43)-c2ccc3c(c2C5(C)C)CCC3)cc1. The molecule has 3 heteroatoms. The predicted molar refractivity (Wildman–Crippen MR) is 199 cm³/mol. The van der Waals surface area contributed by atoms with Crippen LogP contribution in [0.5, 0.6) is 11.5 Å². The molecule has 0 amide bonds. The van der Waals surface area contributed by atoms with Crippen LogP contribution in [-0.4, -0.2) is 6.71 Å². The van der Waals surface area contributed by atoms with Gasteiger partial charge in [-0.3, -0.25) is 0 Å². The highest BCUT2D eigenvalue weighted by Crippen LogP contribution is 2.56. The normalized spacial score (nSPS) is 16.5. The van der Waals surface area contributed by atoms with Gasteiger partial charge in [0.25, 0.3) is 6.71 Å². The van der Waals surface area contributed by atoms with Gasteiger partial charge in [-0.05, 0) is 116 Å². The maximum absolute atomic E-state index is 7.17. The first-order valence-electron chi connectivity index (χ1n) is 17.5. The van der Waals surface area contributed by atoms with Gasteiger partial charge in [0.15, 0.2) is 0 Å². The van der Waals surface area contributed by atoms with Crippen molar-refractivity contribution in [3.05, 3.63) is 118 Å². The predicted octanol–water partition coefficient (Wildman–Crippen LogP) is 9.48. The Bertz CT molecular complexity index is 2140.